The van der Waals surface area contributed by atoms with Crippen molar-refractivity contribution in [3.05, 3.63) is 22.3 Å². The van der Waals surface area contributed by atoms with Crippen LogP contribution in [0.25, 0.3) is 0 Å². The number of aryl methyl sites for hydroxylation is 1. The van der Waals surface area contributed by atoms with Crippen LogP contribution in [-0.2, 0) is 10.8 Å². The third-order valence-corrected chi connectivity index (χ3v) is 4.87. The van der Waals surface area contributed by atoms with Crippen LogP contribution in [0.1, 0.15) is 19.0 Å². The maximum absolute atomic E-state index is 11.6. The molecule has 5 nitrogen and oxygen atoms in total. The lowest BCUT2D eigenvalue weighted by Gasteiger charge is -2.10. The number of urea groups is 1. The number of anilines is 1. The molecule has 0 aromatic carbocycles. The fraction of sp³-hybridized carbons (Fsp3) is 0.500. The summed E-state index contributed by atoms with van der Waals surface area (Å²) in [6, 6.07) is 3.25. The predicted octanol–water partition coefficient (Wildman–Crippen LogP) is 2.43. The van der Waals surface area contributed by atoms with Gasteiger partial charge in [-0.2, -0.15) is 0 Å². The third kappa shape index (κ3) is 5.69. The van der Waals surface area contributed by atoms with Gasteiger partial charge < -0.3 is 5.32 Å². The Bertz CT molecular complexity index is 482. The van der Waals surface area contributed by atoms with E-state index in [9.17, 15) is 9.00 Å². The highest BCUT2D eigenvalue weighted by Gasteiger charge is 2.08. The molecule has 0 radical (unpaired) electrons. The summed E-state index contributed by atoms with van der Waals surface area (Å²) in [7, 11) is -0.858. The molecule has 0 aliphatic carbocycles. The molecule has 2 atom stereocenters. The standard InChI is InChI=1S/C12H18BrN3O2S/c1-8(19(3)18)6-7-14-12(17)16-11-5-4-10(13)9(2)15-11/h4-5,8H,6-7H2,1-3H3,(H2,14,15,16,17)/t8-,19+/m0/s1. The number of hydrogen-bond donors (Lipinski definition) is 2. The van der Waals surface area contributed by atoms with Crippen molar-refractivity contribution < 1.29 is 9.00 Å². The zero-order valence-electron chi connectivity index (χ0n) is 11.2. The van der Waals surface area contributed by atoms with Gasteiger partial charge in [0.25, 0.3) is 0 Å². The first-order valence-electron chi connectivity index (χ1n) is 5.90. The molecule has 106 valence electrons. The number of nitrogens with one attached hydrogen (secondary N) is 2. The van der Waals surface area contributed by atoms with E-state index in [0.29, 0.717) is 18.8 Å². The van der Waals surface area contributed by atoms with Gasteiger partial charge in [-0.3, -0.25) is 9.53 Å². The van der Waals surface area contributed by atoms with Crippen LogP contribution < -0.4 is 10.6 Å². The summed E-state index contributed by atoms with van der Waals surface area (Å²) in [6.45, 7) is 4.24. The first-order valence-corrected chi connectivity index (χ1v) is 8.32. The Morgan fingerprint density at radius 2 is 2.21 bits per heavy atom. The van der Waals surface area contributed by atoms with Gasteiger partial charge in [-0.15, -0.1) is 0 Å². The average Bonchev–Trinajstić information content (AvgIpc) is 2.33. The summed E-state index contributed by atoms with van der Waals surface area (Å²) < 4.78 is 12.0. The van der Waals surface area contributed by atoms with Gasteiger partial charge in [0.15, 0.2) is 0 Å². The second-order valence-electron chi connectivity index (χ2n) is 4.24. The molecule has 0 bridgehead atoms. The zero-order valence-corrected chi connectivity index (χ0v) is 13.6. The third-order valence-electron chi connectivity index (χ3n) is 2.67. The number of carbonyl (C=O) groups excluding carboxylic acids is 1. The lowest BCUT2D eigenvalue weighted by atomic mass is 10.3. The number of carbonyl (C=O) groups is 1. The minimum absolute atomic E-state index is 0.0772. The minimum atomic E-state index is -0.858. The molecule has 7 heteroatoms. The Morgan fingerprint density at radius 1 is 1.53 bits per heavy atom. The molecule has 0 fully saturated rings. The Hall–Kier alpha value is -0.950. The highest BCUT2D eigenvalue weighted by molar-refractivity contribution is 9.10. The van der Waals surface area contributed by atoms with Crippen LogP contribution >= 0.6 is 15.9 Å². The van der Waals surface area contributed by atoms with Crippen molar-refractivity contribution in [2.45, 2.75) is 25.5 Å². The van der Waals surface area contributed by atoms with Gasteiger partial charge >= 0.3 is 6.03 Å². The quantitative estimate of drug-likeness (QED) is 0.859. The van der Waals surface area contributed by atoms with Gasteiger partial charge in [-0.1, -0.05) is 6.92 Å². The number of hydrogen-bond acceptors (Lipinski definition) is 3. The molecule has 2 amide bonds. The fourth-order valence-corrected chi connectivity index (χ4v) is 2.00. The summed E-state index contributed by atoms with van der Waals surface area (Å²) in [4.78, 5) is 15.8. The molecule has 0 saturated carbocycles. The van der Waals surface area contributed by atoms with Gasteiger partial charge in [0, 0.05) is 33.3 Å². The van der Waals surface area contributed by atoms with E-state index in [0.717, 1.165) is 10.2 Å². The molecule has 0 aliphatic rings. The molecule has 0 spiro atoms. The summed E-state index contributed by atoms with van der Waals surface area (Å²) in [5.74, 6) is 0.505. The van der Waals surface area contributed by atoms with Crippen molar-refractivity contribution >= 4 is 38.6 Å². The summed E-state index contributed by atoms with van der Waals surface area (Å²) in [6.07, 6.45) is 2.35. The van der Waals surface area contributed by atoms with Crippen LogP contribution in [0, 0.1) is 6.92 Å². The maximum Gasteiger partial charge on any atom is 0.320 e. The molecule has 0 unspecified atom stereocenters. The van der Waals surface area contributed by atoms with Gasteiger partial charge in [0.1, 0.15) is 5.82 Å². The fourth-order valence-electron chi connectivity index (χ4n) is 1.33. The number of halogens is 1. The van der Waals surface area contributed by atoms with Gasteiger partial charge in [-0.25, -0.2) is 9.78 Å². The van der Waals surface area contributed by atoms with Crippen molar-refractivity contribution in [1.82, 2.24) is 10.3 Å². The summed E-state index contributed by atoms with van der Waals surface area (Å²) in [5, 5.41) is 5.45. The van der Waals surface area contributed by atoms with Crippen LogP contribution in [-0.4, -0.2) is 33.3 Å². The Kier molecular flexibility index (Phi) is 6.44. The van der Waals surface area contributed by atoms with E-state index in [1.165, 1.54) is 0 Å². The molecule has 1 heterocycles. The number of amides is 2. The predicted molar refractivity (Wildman–Crippen MR) is 81.8 cm³/mol. The van der Waals surface area contributed by atoms with Crippen molar-refractivity contribution in [2.24, 2.45) is 0 Å². The van der Waals surface area contributed by atoms with E-state index in [4.69, 9.17) is 0 Å². The van der Waals surface area contributed by atoms with Gasteiger partial charge in [0.05, 0.1) is 5.69 Å². The molecule has 1 rings (SSSR count). The molecule has 0 aliphatic heterocycles. The Labute approximate surface area is 124 Å². The number of aromatic nitrogens is 1. The molecule has 2 N–H and O–H groups in total. The van der Waals surface area contributed by atoms with E-state index < -0.39 is 10.8 Å². The van der Waals surface area contributed by atoms with Crippen molar-refractivity contribution in [1.29, 1.82) is 0 Å². The van der Waals surface area contributed by atoms with E-state index in [-0.39, 0.29) is 11.3 Å². The molecular weight excluding hydrogens is 330 g/mol. The SMILES string of the molecule is Cc1nc(NC(=O)NCC[C@H](C)[S@@](C)=O)ccc1Br. The maximum atomic E-state index is 11.6. The van der Waals surface area contributed by atoms with Crippen molar-refractivity contribution in [2.75, 3.05) is 18.1 Å². The average molecular weight is 348 g/mol. The van der Waals surface area contributed by atoms with E-state index in [2.05, 4.69) is 31.5 Å². The summed E-state index contributed by atoms with van der Waals surface area (Å²) >= 11 is 3.35. The van der Waals surface area contributed by atoms with Crippen LogP contribution in [0.2, 0.25) is 0 Å². The van der Waals surface area contributed by atoms with Gasteiger partial charge in [-0.05, 0) is 41.4 Å². The van der Waals surface area contributed by atoms with E-state index >= 15 is 0 Å². The second kappa shape index (κ2) is 7.59. The molecular formula is C12H18BrN3O2S. The number of rotatable bonds is 5. The largest absolute Gasteiger partial charge is 0.338 e. The Balaban J connectivity index is 2.39. The summed E-state index contributed by atoms with van der Waals surface area (Å²) in [5.41, 5.74) is 0.813. The normalized spacial score (nSPS) is 13.7. The topological polar surface area (TPSA) is 71.1 Å². The van der Waals surface area contributed by atoms with Crippen molar-refractivity contribution in [3.63, 3.8) is 0 Å². The van der Waals surface area contributed by atoms with E-state index in [1.807, 2.05) is 19.9 Å². The van der Waals surface area contributed by atoms with Crippen LogP contribution in [0.3, 0.4) is 0 Å². The zero-order chi connectivity index (χ0) is 14.4. The Morgan fingerprint density at radius 3 is 2.79 bits per heavy atom. The molecule has 1 aromatic heterocycles. The lowest BCUT2D eigenvalue weighted by Crippen LogP contribution is -2.31. The lowest BCUT2D eigenvalue weighted by molar-refractivity contribution is 0.252. The monoisotopic (exact) mass is 347 g/mol. The molecule has 1 aromatic rings. The first-order chi connectivity index (χ1) is 8.90. The molecule has 19 heavy (non-hydrogen) atoms. The second-order valence-corrected chi connectivity index (χ2v) is 6.90. The van der Waals surface area contributed by atoms with Crippen LogP contribution in [0.5, 0.6) is 0 Å². The van der Waals surface area contributed by atoms with Crippen molar-refractivity contribution in [3.8, 4) is 0 Å². The smallest absolute Gasteiger partial charge is 0.320 e. The molecule has 0 saturated heterocycles. The highest BCUT2D eigenvalue weighted by atomic mass is 79.9. The van der Waals surface area contributed by atoms with E-state index in [1.54, 1.807) is 12.3 Å². The minimum Gasteiger partial charge on any atom is -0.338 e. The van der Waals surface area contributed by atoms with Gasteiger partial charge in [0.2, 0.25) is 0 Å². The first kappa shape index (κ1) is 16.1. The number of nitrogens with zero attached hydrogens (tertiary/aromatic N) is 1. The van der Waals surface area contributed by atoms with Crippen LogP contribution in [0.4, 0.5) is 10.6 Å². The van der Waals surface area contributed by atoms with Crippen LogP contribution in [0.15, 0.2) is 16.6 Å². The number of pyridine rings is 1. The highest BCUT2D eigenvalue weighted by Crippen LogP contribution is 2.15.